The first-order chi connectivity index (χ1) is 16.3. The van der Waals surface area contributed by atoms with Crippen LogP contribution in [0, 0.1) is 12.8 Å². The van der Waals surface area contributed by atoms with E-state index in [1.807, 2.05) is 13.0 Å². The Morgan fingerprint density at radius 3 is 2.50 bits per heavy atom. The van der Waals surface area contributed by atoms with E-state index in [1.54, 1.807) is 24.3 Å². The number of carbonyl (C=O) groups is 1. The molecule has 0 spiro atoms. The quantitative estimate of drug-likeness (QED) is 0.589. The summed E-state index contributed by atoms with van der Waals surface area (Å²) in [6.07, 6.45) is 3.19. The van der Waals surface area contributed by atoms with Gasteiger partial charge in [-0.05, 0) is 74.5 Å². The predicted molar refractivity (Wildman–Crippen MR) is 132 cm³/mol. The van der Waals surface area contributed by atoms with Crippen LogP contribution in [0.15, 0.2) is 47.4 Å². The highest BCUT2D eigenvalue weighted by molar-refractivity contribution is 7.92. The van der Waals surface area contributed by atoms with Crippen LogP contribution in [0.25, 0.3) is 0 Å². The second-order valence-corrected chi connectivity index (χ2v) is 10.8. The third-order valence-corrected chi connectivity index (χ3v) is 8.07. The van der Waals surface area contributed by atoms with Crippen LogP contribution in [-0.4, -0.2) is 70.3 Å². The first-order valence-electron chi connectivity index (χ1n) is 11.8. The van der Waals surface area contributed by atoms with E-state index in [0.29, 0.717) is 11.6 Å². The van der Waals surface area contributed by atoms with Gasteiger partial charge in [-0.25, -0.2) is 13.2 Å². The fourth-order valence-corrected chi connectivity index (χ4v) is 5.85. The van der Waals surface area contributed by atoms with E-state index >= 15 is 0 Å². The fraction of sp³-hybridized carbons (Fsp3) is 0.480. The van der Waals surface area contributed by atoms with Crippen LogP contribution in [0.2, 0.25) is 0 Å². The van der Waals surface area contributed by atoms with E-state index in [2.05, 4.69) is 14.5 Å². The average molecular weight is 488 g/mol. The summed E-state index contributed by atoms with van der Waals surface area (Å²) in [4.78, 5) is 16.7. The zero-order valence-corrected chi connectivity index (χ0v) is 20.4. The molecule has 2 aromatic rings. The number of anilines is 2. The average Bonchev–Trinajstić information content (AvgIpc) is 2.83. The van der Waals surface area contributed by atoms with Crippen LogP contribution in [0.3, 0.4) is 0 Å². The van der Waals surface area contributed by atoms with Crippen molar-refractivity contribution in [2.24, 2.45) is 5.92 Å². The molecule has 0 aromatic heterocycles. The molecule has 184 valence electrons. The van der Waals surface area contributed by atoms with Crippen LogP contribution >= 0.6 is 0 Å². The third kappa shape index (κ3) is 6.08. The number of sulfonamides is 1. The van der Waals surface area contributed by atoms with Crippen LogP contribution in [0.1, 0.15) is 35.2 Å². The smallest absolute Gasteiger partial charge is 0.337 e. The summed E-state index contributed by atoms with van der Waals surface area (Å²) in [6.45, 7) is 8.12. The van der Waals surface area contributed by atoms with E-state index < -0.39 is 16.0 Å². The maximum atomic E-state index is 12.8. The van der Waals surface area contributed by atoms with Gasteiger partial charge in [0.15, 0.2) is 0 Å². The molecule has 0 bridgehead atoms. The molecular formula is C25H33N3O5S. The molecule has 2 heterocycles. The summed E-state index contributed by atoms with van der Waals surface area (Å²) in [5, 5.41) is 9.83. The van der Waals surface area contributed by atoms with Gasteiger partial charge in [0, 0.05) is 31.9 Å². The molecule has 2 saturated heterocycles. The Labute approximate surface area is 201 Å². The molecule has 2 aliphatic rings. The molecule has 2 fully saturated rings. The number of piperidine rings is 1. The maximum absolute atomic E-state index is 12.8. The summed E-state index contributed by atoms with van der Waals surface area (Å²) in [5.41, 5.74) is 1.81. The fourth-order valence-electron chi connectivity index (χ4n) is 4.70. The number of nitrogens with zero attached hydrogens (tertiary/aromatic N) is 2. The van der Waals surface area contributed by atoms with E-state index in [0.717, 1.165) is 70.8 Å². The lowest BCUT2D eigenvalue weighted by Crippen LogP contribution is -2.39. The van der Waals surface area contributed by atoms with Crippen molar-refractivity contribution in [3.63, 3.8) is 0 Å². The zero-order valence-electron chi connectivity index (χ0n) is 19.6. The van der Waals surface area contributed by atoms with Gasteiger partial charge in [0.05, 0.1) is 29.4 Å². The second kappa shape index (κ2) is 10.8. The number of carboxylic acids is 1. The molecule has 0 atom stereocenters. The first-order valence-corrected chi connectivity index (χ1v) is 13.3. The minimum Gasteiger partial charge on any atom is -0.478 e. The normalized spacial score (nSPS) is 18.1. The number of benzene rings is 2. The molecule has 34 heavy (non-hydrogen) atoms. The molecule has 8 nitrogen and oxygen atoms in total. The molecule has 2 aromatic carbocycles. The Morgan fingerprint density at radius 2 is 1.82 bits per heavy atom. The summed E-state index contributed by atoms with van der Waals surface area (Å²) in [6, 6.07) is 11.4. The van der Waals surface area contributed by atoms with Crippen molar-refractivity contribution in [1.29, 1.82) is 0 Å². The van der Waals surface area contributed by atoms with Crippen molar-refractivity contribution in [2.75, 3.05) is 55.6 Å². The van der Waals surface area contributed by atoms with Gasteiger partial charge in [-0.15, -0.1) is 0 Å². The van der Waals surface area contributed by atoms with Crippen molar-refractivity contribution in [2.45, 2.75) is 31.1 Å². The number of morpholine rings is 1. The molecule has 9 heteroatoms. The lowest BCUT2D eigenvalue weighted by molar-refractivity contribution is 0.0349. The number of hydrogen-bond donors (Lipinski definition) is 2. The highest BCUT2D eigenvalue weighted by Crippen LogP contribution is 2.30. The standard InChI is InChI=1S/C25H33N3O5S/c1-19-3-2-4-22(17-19)34(31,32)26-21-5-6-24(23(18-21)25(29)30)28-11-8-20(9-12-28)7-10-27-13-15-33-16-14-27/h2-6,17-18,20,26H,7-16H2,1H3,(H,29,30). The van der Waals surface area contributed by atoms with Gasteiger partial charge in [0.25, 0.3) is 10.0 Å². The molecule has 0 amide bonds. The van der Waals surface area contributed by atoms with Crippen LogP contribution in [0.5, 0.6) is 0 Å². The lowest BCUT2D eigenvalue weighted by atomic mass is 9.92. The van der Waals surface area contributed by atoms with Crippen LogP contribution < -0.4 is 9.62 Å². The molecule has 0 radical (unpaired) electrons. The Kier molecular flexibility index (Phi) is 7.75. The summed E-state index contributed by atoms with van der Waals surface area (Å²) in [7, 11) is -3.81. The molecule has 0 aliphatic carbocycles. The summed E-state index contributed by atoms with van der Waals surface area (Å²) in [5.74, 6) is -0.436. The Hall–Kier alpha value is -2.62. The number of rotatable bonds is 8. The minimum atomic E-state index is -3.81. The van der Waals surface area contributed by atoms with Gasteiger partial charge in [-0.3, -0.25) is 9.62 Å². The lowest BCUT2D eigenvalue weighted by Gasteiger charge is -2.35. The number of ether oxygens (including phenoxy) is 1. The molecule has 4 rings (SSSR count). The highest BCUT2D eigenvalue weighted by Gasteiger charge is 2.24. The van der Waals surface area contributed by atoms with Gasteiger partial charge in [-0.2, -0.15) is 0 Å². The molecule has 2 aliphatic heterocycles. The van der Waals surface area contributed by atoms with Gasteiger partial charge < -0.3 is 14.7 Å². The van der Waals surface area contributed by atoms with Crippen LogP contribution in [0.4, 0.5) is 11.4 Å². The molecule has 0 saturated carbocycles. The monoisotopic (exact) mass is 487 g/mol. The molecular weight excluding hydrogens is 454 g/mol. The summed E-state index contributed by atoms with van der Waals surface area (Å²) >= 11 is 0. The van der Waals surface area contributed by atoms with E-state index in [1.165, 1.54) is 12.1 Å². The van der Waals surface area contributed by atoms with E-state index in [-0.39, 0.29) is 16.1 Å². The molecule has 2 N–H and O–H groups in total. The zero-order chi connectivity index (χ0) is 24.1. The summed E-state index contributed by atoms with van der Waals surface area (Å²) < 4.78 is 33.4. The van der Waals surface area contributed by atoms with Crippen molar-refractivity contribution in [3.8, 4) is 0 Å². The van der Waals surface area contributed by atoms with Crippen molar-refractivity contribution >= 4 is 27.4 Å². The predicted octanol–water partition coefficient (Wildman–Crippen LogP) is 3.43. The number of carboxylic acid groups (broad SMARTS) is 1. The topological polar surface area (TPSA) is 99.2 Å². The van der Waals surface area contributed by atoms with E-state index in [9.17, 15) is 18.3 Å². The van der Waals surface area contributed by atoms with E-state index in [4.69, 9.17) is 4.74 Å². The number of aryl methyl sites for hydroxylation is 1. The van der Waals surface area contributed by atoms with Gasteiger partial charge in [0.2, 0.25) is 0 Å². The van der Waals surface area contributed by atoms with Gasteiger partial charge in [-0.1, -0.05) is 12.1 Å². The van der Waals surface area contributed by atoms with Gasteiger partial charge >= 0.3 is 5.97 Å². The largest absolute Gasteiger partial charge is 0.478 e. The SMILES string of the molecule is Cc1cccc(S(=O)(=O)Nc2ccc(N3CCC(CCN4CCOCC4)CC3)c(C(=O)O)c2)c1. The van der Waals surface area contributed by atoms with Crippen molar-refractivity contribution in [3.05, 3.63) is 53.6 Å². The highest BCUT2D eigenvalue weighted by atomic mass is 32.2. The molecule has 0 unspecified atom stereocenters. The van der Waals surface area contributed by atoms with Crippen molar-refractivity contribution < 1.29 is 23.1 Å². The van der Waals surface area contributed by atoms with Crippen LogP contribution in [-0.2, 0) is 14.8 Å². The maximum Gasteiger partial charge on any atom is 0.337 e. The number of aromatic carboxylic acids is 1. The Bertz CT molecular complexity index is 1110. The third-order valence-electron chi connectivity index (χ3n) is 6.69. The second-order valence-electron chi connectivity index (χ2n) is 9.13. The Morgan fingerprint density at radius 1 is 1.09 bits per heavy atom. The number of nitrogens with one attached hydrogen (secondary N) is 1. The number of hydrogen-bond acceptors (Lipinski definition) is 6. The van der Waals surface area contributed by atoms with Gasteiger partial charge in [0.1, 0.15) is 0 Å². The minimum absolute atomic E-state index is 0.108. The Balaban J connectivity index is 1.40. The van der Waals surface area contributed by atoms with Crippen molar-refractivity contribution in [1.82, 2.24) is 4.90 Å². The first kappa shape index (κ1) is 24.5.